The minimum atomic E-state index is 0.461. The first-order valence-corrected chi connectivity index (χ1v) is 4.80. The van der Waals surface area contributed by atoms with Gasteiger partial charge in [-0.05, 0) is 12.1 Å². The van der Waals surface area contributed by atoms with Gasteiger partial charge in [0.15, 0.2) is 6.29 Å². The molecule has 3 nitrogen and oxygen atoms in total. The summed E-state index contributed by atoms with van der Waals surface area (Å²) in [6, 6.07) is 5.40. The van der Waals surface area contributed by atoms with Gasteiger partial charge < -0.3 is 5.73 Å². The summed E-state index contributed by atoms with van der Waals surface area (Å²) in [4.78, 5) is 10.7. The zero-order valence-corrected chi connectivity index (χ0v) is 7.97. The average Bonchev–Trinajstić information content (AvgIpc) is 2.59. The number of thiophene rings is 1. The van der Waals surface area contributed by atoms with Crippen molar-refractivity contribution in [2.45, 2.75) is 0 Å². The smallest absolute Gasteiger partial charge is 0.151 e. The number of nitrogens with zero attached hydrogens (tertiary/aromatic N) is 1. The van der Waals surface area contributed by atoms with E-state index in [9.17, 15) is 4.79 Å². The van der Waals surface area contributed by atoms with Crippen LogP contribution in [-0.4, -0.2) is 6.29 Å². The van der Waals surface area contributed by atoms with Crippen LogP contribution in [0.3, 0.4) is 0 Å². The van der Waals surface area contributed by atoms with Crippen LogP contribution in [0.5, 0.6) is 0 Å². The van der Waals surface area contributed by atoms with E-state index >= 15 is 0 Å². The summed E-state index contributed by atoms with van der Waals surface area (Å²) in [5.41, 5.74) is 7.19. The van der Waals surface area contributed by atoms with Crippen LogP contribution in [0.1, 0.15) is 15.9 Å². The molecule has 14 heavy (non-hydrogen) atoms. The third kappa shape index (κ3) is 1.15. The molecule has 1 aromatic carbocycles. The fourth-order valence-electron chi connectivity index (χ4n) is 1.39. The monoisotopic (exact) mass is 202 g/mol. The molecule has 0 aliphatic heterocycles. The number of nitriles is 1. The van der Waals surface area contributed by atoms with E-state index in [0.29, 0.717) is 22.2 Å². The number of aldehydes is 1. The molecule has 0 saturated carbocycles. The Labute approximate surface area is 84.4 Å². The van der Waals surface area contributed by atoms with E-state index in [2.05, 4.69) is 0 Å². The fourth-order valence-corrected chi connectivity index (χ4v) is 2.37. The molecule has 1 heterocycles. The molecule has 0 amide bonds. The van der Waals surface area contributed by atoms with Gasteiger partial charge in [0.05, 0.1) is 11.6 Å². The van der Waals surface area contributed by atoms with E-state index in [4.69, 9.17) is 11.0 Å². The molecule has 0 unspecified atom stereocenters. The van der Waals surface area contributed by atoms with Crippen LogP contribution in [0, 0.1) is 11.3 Å². The van der Waals surface area contributed by atoms with Gasteiger partial charge in [-0.15, -0.1) is 11.3 Å². The molecule has 4 heteroatoms. The quantitative estimate of drug-likeness (QED) is 0.569. The lowest BCUT2D eigenvalue weighted by atomic mass is 10.1. The van der Waals surface area contributed by atoms with Gasteiger partial charge in [0, 0.05) is 26.7 Å². The lowest BCUT2D eigenvalue weighted by Gasteiger charge is -1.97. The van der Waals surface area contributed by atoms with Crippen LogP contribution in [-0.2, 0) is 0 Å². The molecule has 0 aliphatic rings. The molecule has 0 spiro atoms. The third-order valence-corrected chi connectivity index (χ3v) is 2.92. The number of carbonyl (C=O) groups is 1. The number of hydrogen-bond donors (Lipinski definition) is 1. The number of benzene rings is 1. The fraction of sp³-hybridized carbons (Fsp3) is 0. The molecule has 0 saturated heterocycles. The SMILES string of the molecule is N#Cc1cc(N)cc2scc(C=O)c12. The van der Waals surface area contributed by atoms with Crippen LogP contribution >= 0.6 is 11.3 Å². The van der Waals surface area contributed by atoms with Crippen LogP contribution in [0.2, 0.25) is 0 Å². The van der Waals surface area contributed by atoms with Crippen molar-refractivity contribution in [1.82, 2.24) is 0 Å². The van der Waals surface area contributed by atoms with Gasteiger partial charge in [-0.1, -0.05) is 0 Å². The normalized spacial score (nSPS) is 9.93. The lowest BCUT2D eigenvalue weighted by molar-refractivity contribution is 0.112. The van der Waals surface area contributed by atoms with E-state index in [1.165, 1.54) is 11.3 Å². The minimum absolute atomic E-state index is 0.461. The molecular formula is C10H6N2OS. The van der Waals surface area contributed by atoms with Crippen molar-refractivity contribution < 1.29 is 4.79 Å². The standard InChI is InChI=1S/C10H6N2OS/c11-3-6-1-8(12)2-9-10(6)7(4-13)5-14-9/h1-2,4-5H,12H2. The predicted octanol–water partition coefficient (Wildman–Crippen LogP) is 2.17. The summed E-state index contributed by atoms with van der Waals surface area (Å²) in [6.45, 7) is 0. The number of carbonyl (C=O) groups excluding carboxylic acids is 1. The van der Waals surface area contributed by atoms with E-state index in [0.717, 1.165) is 11.0 Å². The Morgan fingerprint density at radius 2 is 2.29 bits per heavy atom. The third-order valence-electron chi connectivity index (χ3n) is 1.97. The van der Waals surface area contributed by atoms with Crippen molar-refractivity contribution in [2.24, 2.45) is 0 Å². The maximum absolute atomic E-state index is 10.7. The van der Waals surface area contributed by atoms with Gasteiger partial charge in [-0.3, -0.25) is 4.79 Å². The van der Waals surface area contributed by atoms with Gasteiger partial charge >= 0.3 is 0 Å². The summed E-state index contributed by atoms with van der Waals surface area (Å²) in [5.74, 6) is 0. The molecule has 0 atom stereocenters. The Kier molecular flexibility index (Phi) is 1.95. The molecule has 2 N–H and O–H groups in total. The van der Waals surface area contributed by atoms with Crippen molar-refractivity contribution in [2.75, 3.05) is 5.73 Å². The Morgan fingerprint density at radius 3 is 2.93 bits per heavy atom. The van der Waals surface area contributed by atoms with Crippen molar-refractivity contribution in [3.05, 3.63) is 28.6 Å². The minimum Gasteiger partial charge on any atom is -0.399 e. The highest BCUT2D eigenvalue weighted by Crippen LogP contribution is 2.30. The topological polar surface area (TPSA) is 66.9 Å². The van der Waals surface area contributed by atoms with Gasteiger partial charge in [-0.2, -0.15) is 5.26 Å². The lowest BCUT2D eigenvalue weighted by Crippen LogP contribution is -1.87. The number of rotatable bonds is 1. The molecule has 2 aromatic rings. The van der Waals surface area contributed by atoms with Gasteiger partial charge in [0.2, 0.25) is 0 Å². The summed E-state index contributed by atoms with van der Waals surface area (Å²) in [7, 11) is 0. The highest BCUT2D eigenvalue weighted by Gasteiger charge is 2.08. The van der Waals surface area contributed by atoms with E-state index in [-0.39, 0.29) is 0 Å². The van der Waals surface area contributed by atoms with Crippen molar-refractivity contribution in [1.29, 1.82) is 5.26 Å². The van der Waals surface area contributed by atoms with E-state index < -0.39 is 0 Å². The first-order chi connectivity index (χ1) is 6.76. The average molecular weight is 202 g/mol. The van der Waals surface area contributed by atoms with Crippen LogP contribution in [0.15, 0.2) is 17.5 Å². The maximum atomic E-state index is 10.7. The first kappa shape index (κ1) is 8.73. The molecule has 0 aliphatic carbocycles. The van der Waals surface area contributed by atoms with Crippen molar-refractivity contribution in [3.8, 4) is 6.07 Å². The number of nitrogens with two attached hydrogens (primary N) is 1. The predicted molar refractivity (Wildman–Crippen MR) is 56.3 cm³/mol. The number of anilines is 1. The van der Waals surface area contributed by atoms with Crippen LogP contribution in [0.4, 0.5) is 5.69 Å². The second-order valence-electron chi connectivity index (χ2n) is 2.86. The number of hydrogen-bond acceptors (Lipinski definition) is 4. The molecule has 0 radical (unpaired) electrons. The van der Waals surface area contributed by atoms with Gasteiger partial charge in [0.1, 0.15) is 0 Å². The van der Waals surface area contributed by atoms with E-state index in [1.54, 1.807) is 17.5 Å². The van der Waals surface area contributed by atoms with Gasteiger partial charge in [0.25, 0.3) is 0 Å². The molecule has 2 rings (SSSR count). The molecule has 0 fully saturated rings. The summed E-state index contributed by atoms with van der Waals surface area (Å²) < 4.78 is 0.878. The van der Waals surface area contributed by atoms with Crippen LogP contribution < -0.4 is 5.73 Å². The first-order valence-electron chi connectivity index (χ1n) is 3.92. The van der Waals surface area contributed by atoms with Crippen LogP contribution in [0.25, 0.3) is 10.1 Å². The van der Waals surface area contributed by atoms with Gasteiger partial charge in [-0.25, -0.2) is 0 Å². The summed E-state index contributed by atoms with van der Waals surface area (Å²) in [5, 5.41) is 11.3. The van der Waals surface area contributed by atoms with E-state index in [1.807, 2.05) is 6.07 Å². The Balaban J connectivity index is 2.94. The number of nitrogen functional groups attached to an aromatic ring is 1. The van der Waals surface area contributed by atoms with Crippen molar-refractivity contribution in [3.63, 3.8) is 0 Å². The molecule has 68 valence electrons. The number of fused-ring (bicyclic) bond motifs is 1. The zero-order valence-electron chi connectivity index (χ0n) is 7.15. The van der Waals surface area contributed by atoms with Crippen molar-refractivity contribution >= 4 is 33.4 Å². The maximum Gasteiger partial charge on any atom is 0.151 e. The zero-order chi connectivity index (χ0) is 10.1. The molecule has 1 aromatic heterocycles. The Morgan fingerprint density at radius 1 is 1.50 bits per heavy atom. The summed E-state index contributed by atoms with van der Waals surface area (Å²) >= 11 is 1.42. The summed E-state index contributed by atoms with van der Waals surface area (Å²) in [6.07, 6.45) is 0.760. The highest BCUT2D eigenvalue weighted by atomic mass is 32.1. The second-order valence-corrected chi connectivity index (χ2v) is 3.77. The Hall–Kier alpha value is -1.86. The molecular weight excluding hydrogens is 196 g/mol. The Bertz CT molecular complexity index is 551. The second kappa shape index (κ2) is 3.13. The molecule has 0 bridgehead atoms. The highest BCUT2D eigenvalue weighted by molar-refractivity contribution is 7.17. The largest absolute Gasteiger partial charge is 0.399 e.